The van der Waals surface area contributed by atoms with Gasteiger partial charge in [-0.1, -0.05) is 0 Å². The van der Waals surface area contributed by atoms with Crippen molar-refractivity contribution in [2.45, 2.75) is 26.3 Å². The molecule has 0 bridgehead atoms. The summed E-state index contributed by atoms with van der Waals surface area (Å²) < 4.78 is 30.2. The molecular weight excluding hydrogens is 290 g/mol. The second-order valence-corrected chi connectivity index (χ2v) is 8.14. The van der Waals surface area contributed by atoms with Crippen molar-refractivity contribution < 1.29 is 13.2 Å². The van der Waals surface area contributed by atoms with E-state index in [9.17, 15) is 8.42 Å². The summed E-state index contributed by atoms with van der Waals surface area (Å²) in [4.78, 5) is 4.82. The first-order valence-electron chi connectivity index (χ1n) is 7.81. The highest BCUT2D eigenvalue weighted by atomic mass is 32.2. The molecule has 1 saturated heterocycles. The first-order valence-corrected chi connectivity index (χ1v) is 9.42. The van der Waals surface area contributed by atoms with Gasteiger partial charge in [-0.05, 0) is 26.8 Å². The maximum atomic E-state index is 11.7. The highest BCUT2D eigenvalue weighted by Crippen LogP contribution is 2.10. The molecular formula is C14H31N3O3S. The maximum Gasteiger partial charge on any atom is 0.213 e. The molecule has 1 heterocycles. The van der Waals surface area contributed by atoms with E-state index in [1.807, 2.05) is 6.92 Å². The SMILES string of the molecule is CCOCCN1CCN(CCCS(=O)(=O)N(C)C)CC1C. The highest BCUT2D eigenvalue weighted by molar-refractivity contribution is 7.89. The van der Waals surface area contributed by atoms with Gasteiger partial charge in [0, 0.05) is 52.9 Å². The highest BCUT2D eigenvalue weighted by Gasteiger charge is 2.23. The van der Waals surface area contributed by atoms with Crippen molar-refractivity contribution in [1.82, 2.24) is 14.1 Å². The van der Waals surface area contributed by atoms with E-state index in [1.165, 1.54) is 4.31 Å². The van der Waals surface area contributed by atoms with Crippen LogP contribution in [0.4, 0.5) is 0 Å². The number of nitrogens with zero attached hydrogens (tertiary/aromatic N) is 3. The molecule has 0 N–H and O–H groups in total. The molecule has 1 aliphatic heterocycles. The minimum absolute atomic E-state index is 0.235. The molecule has 1 fully saturated rings. The van der Waals surface area contributed by atoms with Crippen molar-refractivity contribution in [3.05, 3.63) is 0 Å². The maximum absolute atomic E-state index is 11.7. The van der Waals surface area contributed by atoms with Gasteiger partial charge in [0.15, 0.2) is 0 Å². The summed E-state index contributed by atoms with van der Waals surface area (Å²) in [5, 5.41) is 0. The minimum Gasteiger partial charge on any atom is -0.380 e. The standard InChI is InChI=1S/C14H31N3O3S/c1-5-20-11-10-17-9-8-16(13-14(17)2)7-6-12-21(18,19)15(3)4/h14H,5-13H2,1-4H3. The summed E-state index contributed by atoms with van der Waals surface area (Å²) in [7, 11) is 0.125. The molecule has 0 aromatic rings. The summed E-state index contributed by atoms with van der Waals surface area (Å²) in [6.07, 6.45) is 0.701. The van der Waals surface area contributed by atoms with Crippen molar-refractivity contribution in [3.63, 3.8) is 0 Å². The lowest BCUT2D eigenvalue weighted by molar-refractivity contribution is 0.0495. The van der Waals surface area contributed by atoms with Gasteiger partial charge in [-0.25, -0.2) is 12.7 Å². The van der Waals surface area contributed by atoms with E-state index in [0.717, 1.165) is 45.9 Å². The number of hydrogen-bond donors (Lipinski definition) is 0. The average Bonchev–Trinajstić information content (AvgIpc) is 2.41. The third-order valence-electron chi connectivity index (χ3n) is 4.01. The van der Waals surface area contributed by atoms with Gasteiger partial charge in [0.1, 0.15) is 0 Å². The van der Waals surface area contributed by atoms with Crippen LogP contribution in [-0.4, -0.2) is 94.4 Å². The van der Waals surface area contributed by atoms with Crippen molar-refractivity contribution >= 4 is 10.0 Å². The Morgan fingerprint density at radius 3 is 2.52 bits per heavy atom. The quantitative estimate of drug-likeness (QED) is 0.572. The second kappa shape index (κ2) is 9.05. The van der Waals surface area contributed by atoms with E-state index in [4.69, 9.17) is 4.74 Å². The van der Waals surface area contributed by atoms with Gasteiger partial charge in [0.05, 0.1) is 12.4 Å². The lowest BCUT2D eigenvalue weighted by Gasteiger charge is -2.39. The molecule has 0 aliphatic carbocycles. The lowest BCUT2D eigenvalue weighted by atomic mass is 10.2. The van der Waals surface area contributed by atoms with Gasteiger partial charge in [0.2, 0.25) is 10.0 Å². The van der Waals surface area contributed by atoms with Crippen LogP contribution in [0.5, 0.6) is 0 Å². The van der Waals surface area contributed by atoms with Crippen LogP contribution in [0.25, 0.3) is 0 Å². The van der Waals surface area contributed by atoms with Crippen molar-refractivity contribution in [1.29, 1.82) is 0 Å². The zero-order chi connectivity index (χ0) is 15.9. The Kier molecular flexibility index (Phi) is 8.12. The van der Waals surface area contributed by atoms with Crippen LogP contribution in [-0.2, 0) is 14.8 Å². The first kappa shape index (κ1) is 18.8. The van der Waals surface area contributed by atoms with E-state index in [1.54, 1.807) is 14.1 Å². The van der Waals surface area contributed by atoms with Crippen LogP contribution in [0, 0.1) is 0 Å². The molecule has 0 saturated carbocycles. The minimum atomic E-state index is -3.06. The van der Waals surface area contributed by atoms with E-state index in [0.29, 0.717) is 12.5 Å². The third kappa shape index (κ3) is 6.61. The molecule has 7 heteroatoms. The van der Waals surface area contributed by atoms with Crippen molar-refractivity contribution in [2.75, 3.05) is 65.8 Å². The molecule has 1 unspecified atom stereocenters. The summed E-state index contributed by atoms with van der Waals surface area (Å²) in [6.45, 7) is 10.7. The molecule has 126 valence electrons. The summed E-state index contributed by atoms with van der Waals surface area (Å²) in [6, 6.07) is 0.504. The molecule has 0 aromatic heterocycles. The Morgan fingerprint density at radius 1 is 1.24 bits per heavy atom. The second-order valence-electron chi connectivity index (χ2n) is 5.83. The fourth-order valence-corrected chi connectivity index (χ4v) is 3.44. The molecule has 0 spiro atoms. The van der Waals surface area contributed by atoms with Gasteiger partial charge in [-0.3, -0.25) is 4.90 Å². The van der Waals surface area contributed by atoms with Crippen LogP contribution in [0.2, 0.25) is 0 Å². The Hall–Kier alpha value is -0.210. The van der Waals surface area contributed by atoms with Gasteiger partial charge in [-0.2, -0.15) is 0 Å². The summed E-state index contributed by atoms with van der Waals surface area (Å²) >= 11 is 0. The Bertz CT molecular complexity index is 387. The molecule has 0 radical (unpaired) electrons. The monoisotopic (exact) mass is 321 g/mol. The van der Waals surface area contributed by atoms with Crippen LogP contribution in [0.15, 0.2) is 0 Å². The molecule has 1 atom stereocenters. The molecule has 21 heavy (non-hydrogen) atoms. The number of ether oxygens (including phenoxy) is 1. The zero-order valence-corrected chi connectivity index (χ0v) is 14.7. The van der Waals surface area contributed by atoms with E-state index >= 15 is 0 Å². The predicted octanol–water partition coefficient (Wildman–Crippen LogP) is 0.311. The predicted molar refractivity (Wildman–Crippen MR) is 86.1 cm³/mol. The number of sulfonamides is 1. The van der Waals surface area contributed by atoms with E-state index < -0.39 is 10.0 Å². The molecule has 6 nitrogen and oxygen atoms in total. The number of rotatable bonds is 9. The lowest BCUT2D eigenvalue weighted by Crippen LogP contribution is -2.52. The fourth-order valence-electron chi connectivity index (χ4n) is 2.59. The summed E-state index contributed by atoms with van der Waals surface area (Å²) in [5.74, 6) is 0.235. The Balaban J connectivity index is 2.25. The van der Waals surface area contributed by atoms with Gasteiger partial charge in [-0.15, -0.1) is 0 Å². The van der Waals surface area contributed by atoms with Gasteiger partial charge < -0.3 is 9.64 Å². The smallest absolute Gasteiger partial charge is 0.213 e. The Morgan fingerprint density at radius 2 is 1.95 bits per heavy atom. The zero-order valence-electron chi connectivity index (χ0n) is 13.9. The van der Waals surface area contributed by atoms with Crippen LogP contribution < -0.4 is 0 Å². The van der Waals surface area contributed by atoms with E-state index in [-0.39, 0.29) is 5.75 Å². The topological polar surface area (TPSA) is 53.1 Å². The summed E-state index contributed by atoms with van der Waals surface area (Å²) in [5.41, 5.74) is 0. The van der Waals surface area contributed by atoms with Crippen molar-refractivity contribution in [3.8, 4) is 0 Å². The van der Waals surface area contributed by atoms with Gasteiger partial charge in [0.25, 0.3) is 0 Å². The van der Waals surface area contributed by atoms with E-state index in [2.05, 4.69) is 16.7 Å². The third-order valence-corrected chi connectivity index (χ3v) is 5.93. The van der Waals surface area contributed by atoms with Crippen LogP contribution >= 0.6 is 0 Å². The Labute approximate surface area is 130 Å². The molecule has 0 aromatic carbocycles. The van der Waals surface area contributed by atoms with Crippen molar-refractivity contribution in [2.24, 2.45) is 0 Å². The largest absolute Gasteiger partial charge is 0.380 e. The van der Waals surface area contributed by atoms with Gasteiger partial charge >= 0.3 is 0 Å². The van der Waals surface area contributed by atoms with Crippen LogP contribution in [0.1, 0.15) is 20.3 Å². The molecule has 1 rings (SSSR count). The normalized spacial score (nSPS) is 22.0. The number of hydrogen-bond acceptors (Lipinski definition) is 5. The molecule has 1 aliphatic rings. The van der Waals surface area contributed by atoms with Crippen LogP contribution in [0.3, 0.4) is 0 Å². The fraction of sp³-hybridized carbons (Fsp3) is 1.00. The number of piperazine rings is 1. The average molecular weight is 321 g/mol. The first-order chi connectivity index (χ1) is 9.86. The molecule has 0 amide bonds.